The van der Waals surface area contributed by atoms with E-state index < -0.39 is 11.6 Å². The van der Waals surface area contributed by atoms with Gasteiger partial charge in [0.15, 0.2) is 11.6 Å². The Hall–Kier alpha value is -3.22. The maximum atomic E-state index is 13.4. The van der Waals surface area contributed by atoms with Crippen molar-refractivity contribution in [1.82, 2.24) is 0 Å². The number of carbonyl (C=O) groups is 2. The topological polar surface area (TPSA) is 164 Å². The molecule has 0 aromatic heterocycles. The summed E-state index contributed by atoms with van der Waals surface area (Å²) in [6.45, 7) is 7.26. The highest BCUT2D eigenvalue weighted by molar-refractivity contribution is 6.35. The van der Waals surface area contributed by atoms with Gasteiger partial charge in [-0.25, -0.2) is 0 Å². The number of fused-ring (bicyclic) bond motifs is 2. The number of anilines is 5. The van der Waals surface area contributed by atoms with Crippen LogP contribution in [-0.2, 0) is 0 Å². The predicted octanol–water partition coefficient (Wildman–Crippen LogP) is 2.11. The van der Waals surface area contributed by atoms with E-state index in [1.807, 2.05) is 13.8 Å². The second-order valence-corrected chi connectivity index (χ2v) is 7.04. The summed E-state index contributed by atoms with van der Waals surface area (Å²) < 4.78 is 0. The van der Waals surface area contributed by atoms with E-state index in [2.05, 4.69) is 0 Å². The smallest absolute Gasteiger partial charge is 0.198 e. The third kappa shape index (κ3) is 1.94. The van der Waals surface area contributed by atoms with Crippen molar-refractivity contribution in [2.45, 2.75) is 33.6 Å². The lowest BCUT2D eigenvalue weighted by Crippen LogP contribution is -2.29. The van der Waals surface area contributed by atoms with Crippen LogP contribution in [-0.4, -0.2) is 11.6 Å². The number of nitrogen functional groups attached to an aromatic ring is 5. The van der Waals surface area contributed by atoms with E-state index in [0.29, 0.717) is 16.7 Å². The van der Waals surface area contributed by atoms with Crippen LogP contribution in [0.2, 0.25) is 0 Å². The molecular formula is C19H23N5O2. The minimum Gasteiger partial charge on any atom is -0.398 e. The highest BCUT2D eigenvalue weighted by atomic mass is 16.1. The Labute approximate surface area is 151 Å². The molecule has 0 aliphatic heterocycles. The van der Waals surface area contributed by atoms with Gasteiger partial charge in [-0.15, -0.1) is 0 Å². The molecule has 0 atom stereocenters. The summed E-state index contributed by atoms with van der Waals surface area (Å²) >= 11 is 0. The standard InChI is InChI=1S/C19H23N5O2/c1-5(2)8-9-10(16(23)17(24)15(8)22)19(26)12-11(18(9)25)13(20)6(3)7(4)14(12)21/h5H,20-24H2,1-4H3. The largest absolute Gasteiger partial charge is 0.398 e. The molecular weight excluding hydrogens is 330 g/mol. The lowest BCUT2D eigenvalue weighted by Gasteiger charge is -2.28. The second-order valence-electron chi connectivity index (χ2n) is 7.04. The summed E-state index contributed by atoms with van der Waals surface area (Å²) in [6.07, 6.45) is 0. The molecule has 2 aromatic rings. The summed E-state index contributed by atoms with van der Waals surface area (Å²) in [5.74, 6) is -0.993. The van der Waals surface area contributed by atoms with Crippen molar-refractivity contribution in [3.8, 4) is 0 Å². The average Bonchev–Trinajstić information content (AvgIpc) is 2.58. The average molecular weight is 353 g/mol. The molecule has 7 nitrogen and oxygen atoms in total. The molecule has 2 aromatic carbocycles. The second kappa shape index (κ2) is 5.39. The molecule has 0 radical (unpaired) electrons. The summed E-state index contributed by atoms with van der Waals surface area (Å²) in [5.41, 5.74) is 33.7. The van der Waals surface area contributed by atoms with Crippen molar-refractivity contribution in [3.05, 3.63) is 38.9 Å². The van der Waals surface area contributed by atoms with Gasteiger partial charge >= 0.3 is 0 Å². The molecule has 136 valence electrons. The van der Waals surface area contributed by atoms with E-state index in [1.165, 1.54) is 0 Å². The first-order valence-electron chi connectivity index (χ1n) is 8.29. The number of hydrogen-bond acceptors (Lipinski definition) is 7. The van der Waals surface area contributed by atoms with Gasteiger partial charge in [0.05, 0.1) is 33.8 Å². The first-order chi connectivity index (χ1) is 12.0. The van der Waals surface area contributed by atoms with Crippen molar-refractivity contribution in [2.24, 2.45) is 0 Å². The third-order valence-corrected chi connectivity index (χ3v) is 5.30. The minimum atomic E-state index is -0.451. The number of nitrogens with two attached hydrogens (primary N) is 5. The van der Waals surface area contributed by atoms with Crippen molar-refractivity contribution < 1.29 is 9.59 Å². The van der Waals surface area contributed by atoms with E-state index in [4.69, 9.17) is 28.7 Å². The zero-order chi connectivity index (χ0) is 19.7. The molecule has 0 amide bonds. The fourth-order valence-corrected chi connectivity index (χ4v) is 3.67. The van der Waals surface area contributed by atoms with Crippen LogP contribution in [0.5, 0.6) is 0 Å². The van der Waals surface area contributed by atoms with Crippen molar-refractivity contribution in [3.63, 3.8) is 0 Å². The maximum Gasteiger partial charge on any atom is 0.198 e. The van der Waals surface area contributed by atoms with Crippen LogP contribution in [0.4, 0.5) is 28.4 Å². The van der Waals surface area contributed by atoms with Gasteiger partial charge in [-0.3, -0.25) is 9.59 Å². The number of ketones is 2. The zero-order valence-corrected chi connectivity index (χ0v) is 15.3. The summed E-state index contributed by atoms with van der Waals surface area (Å²) in [4.78, 5) is 26.7. The Morgan fingerprint density at radius 1 is 0.577 bits per heavy atom. The van der Waals surface area contributed by atoms with Gasteiger partial charge in [-0.05, 0) is 36.5 Å². The van der Waals surface area contributed by atoms with Gasteiger partial charge in [-0.2, -0.15) is 0 Å². The lowest BCUT2D eigenvalue weighted by molar-refractivity contribution is 0.0980. The van der Waals surface area contributed by atoms with E-state index in [1.54, 1.807) is 13.8 Å². The van der Waals surface area contributed by atoms with Crippen LogP contribution >= 0.6 is 0 Å². The summed E-state index contributed by atoms with van der Waals surface area (Å²) in [6, 6.07) is 0. The van der Waals surface area contributed by atoms with Gasteiger partial charge in [0.2, 0.25) is 0 Å². The number of hydrogen-bond donors (Lipinski definition) is 5. The Morgan fingerprint density at radius 2 is 0.962 bits per heavy atom. The molecule has 0 saturated heterocycles. The molecule has 0 fully saturated rings. The number of rotatable bonds is 1. The molecule has 1 aliphatic rings. The molecule has 26 heavy (non-hydrogen) atoms. The molecule has 0 heterocycles. The molecule has 1 aliphatic carbocycles. The van der Waals surface area contributed by atoms with Gasteiger partial charge in [0.1, 0.15) is 0 Å². The molecule has 0 saturated carbocycles. The van der Waals surface area contributed by atoms with Gasteiger partial charge in [0, 0.05) is 16.9 Å². The Balaban J connectivity index is 2.55. The Morgan fingerprint density at radius 3 is 1.38 bits per heavy atom. The van der Waals surface area contributed by atoms with Crippen molar-refractivity contribution in [2.75, 3.05) is 28.7 Å². The van der Waals surface area contributed by atoms with Crippen LogP contribution in [0.1, 0.15) is 68.3 Å². The molecule has 7 heteroatoms. The van der Waals surface area contributed by atoms with Crippen LogP contribution in [0.15, 0.2) is 0 Å². The van der Waals surface area contributed by atoms with Crippen LogP contribution in [0.3, 0.4) is 0 Å². The first kappa shape index (κ1) is 17.6. The zero-order valence-electron chi connectivity index (χ0n) is 15.3. The van der Waals surface area contributed by atoms with Gasteiger partial charge in [-0.1, -0.05) is 13.8 Å². The fraction of sp³-hybridized carbons (Fsp3) is 0.263. The molecule has 10 N–H and O–H groups in total. The normalized spacial score (nSPS) is 13.1. The lowest BCUT2D eigenvalue weighted by atomic mass is 9.75. The minimum absolute atomic E-state index is 0.00194. The molecule has 0 spiro atoms. The van der Waals surface area contributed by atoms with Crippen molar-refractivity contribution in [1.29, 1.82) is 0 Å². The Kier molecular flexibility index (Phi) is 3.65. The van der Waals surface area contributed by atoms with Gasteiger partial charge < -0.3 is 28.7 Å². The first-order valence-corrected chi connectivity index (χ1v) is 8.29. The fourth-order valence-electron chi connectivity index (χ4n) is 3.67. The van der Waals surface area contributed by atoms with Crippen LogP contribution < -0.4 is 28.7 Å². The molecule has 3 rings (SSSR count). The summed E-state index contributed by atoms with van der Waals surface area (Å²) in [7, 11) is 0. The van der Waals surface area contributed by atoms with E-state index in [-0.39, 0.29) is 56.6 Å². The highest BCUT2D eigenvalue weighted by Crippen LogP contribution is 2.46. The quantitative estimate of drug-likeness (QED) is 0.418. The number of benzene rings is 2. The maximum absolute atomic E-state index is 13.4. The molecule has 0 unspecified atom stereocenters. The van der Waals surface area contributed by atoms with E-state index >= 15 is 0 Å². The van der Waals surface area contributed by atoms with E-state index in [9.17, 15) is 9.59 Å². The summed E-state index contributed by atoms with van der Waals surface area (Å²) in [5, 5.41) is 0. The van der Waals surface area contributed by atoms with Crippen molar-refractivity contribution >= 4 is 40.0 Å². The molecule has 0 bridgehead atoms. The monoisotopic (exact) mass is 353 g/mol. The Bertz CT molecular complexity index is 1020. The SMILES string of the molecule is Cc1c(C)c(N)c2c(c1N)C(=O)c1c(N)c(N)c(N)c(C(C)C)c1C2=O. The highest BCUT2D eigenvalue weighted by Gasteiger charge is 2.39. The van der Waals surface area contributed by atoms with E-state index in [0.717, 1.165) is 0 Å². The van der Waals surface area contributed by atoms with Crippen LogP contribution in [0, 0.1) is 13.8 Å². The third-order valence-electron chi connectivity index (χ3n) is 5.30. The van der Waals surface area contributed by atoms with Crippen LogP contribution in [0.25, 0.3) is 0 Å². The number of carbonyl (C=O) groups excluding carboxylic acids is 2. The van der Waals surface area contributed by atoms with Gasteiger partial charge in [0.25, 0.3) is 0 Å². The predicted molar refractivity (Wildman–Crippen MR) is 105 cm³/mol.